The van der Waals surface area contributed by atoms with Crippen molar-refractivity contribution in [3.63, 3.8) is 0 Å². The molecule has 0 N–H and O–H groups in total. The van der Waals surface area contributed by atoms with Crippen LogP contribution in [-0.2, 0) is 14.3 Å². The van der Waals surface area contributed by atoms with Crippen LogP contribution >= 0.6 is 0 Å². The van der Waals surface area contributed by atoms with Gasteiger partial charge >= 0.3 is 5.97 Å². The van der Waals surface area contributed by atoms with E-state index in [0.29, 0.717) is 13.2 Å². The third kappa shape index (κ3) is 4.75. The van der Waals surface area contributed by atoms with Crippen LogP contribution in [0, 0.1) is 11.3 Å². The monoisotopic (exact) mass is 243 g/mol. The van der Waals surface area contributed by atoms with E-state index in [1.807, 2.05) is 27.7 Å². The van der Waals surface area contributed by atoms with E-state index in [0.717, 1.165) is 6.42 Å². The molecule has 0 aliphatic carbocycles. The van der Waals surface area contributed by atoms with Gasteiger partial charge in [-0.3, -0.25) is 9.59 Å². The van der Waals surface area contributed by atoms with Crippen LogP contribution in [0.5, 0.6) is 0 Å². The Balaban J connectivity index is 4.93. The van der Waals surface area contributed by atoms with Crippen molar-refractivity contribution in [2.45, 2.75) is 41.0 Å². The van der Waals surface area contributed by atoms with E-state index in [1.165, 1.54) is 0 Å². The fourth-order valence-corrected chi connectivity index (χ4v) is 1.72. The number of amides is 1. The van der Waals surface area contributed by atoms with Crippen molar-refractivity contribution in [3.8, 4) is 0 Å². The predicted molar refractivity (Wildman–Crippen MR) is 67.5 cm³/mol. The Bertz CT molecular complexity index is 268. The SMILES string of the molecule is CCCN(C)C(=O)C(C(=O)OCC)C(C)(C)C. The van der Waals surface area contributed by atoms with Crippen LogP contribution in [0.1, 0.15) is 41.0 Å². The molecule has 0 aliphatic rings. The van der Waals surface area contributed by atoms with Gasteiger partial charge in [-0.1, -0.05) is 27.7 Å². The van der Waals surface area contributed by atoms with E-state index in [9.17, 15) is 9.59 Å². The smallest absolute Gasteiger partial charge is 0.319 e. The lowest BCUT2D eigenvalue weighted by atomic mass is 9.80. The average Bonchev–Trinajstić information content (AvgIpc) is 2.16. The molecule has 0 saturated heterocycles. The first-order valence-corrected chi connectivity index (χ1v) is 6.17. The number of carbonyl (C=O) groups is 2. The molecule has 1 atom stereocenters. The Morgan fingerprint density at radius 2 is 1.76 bits per heavy atom. The first-order valence-electron chi connectivity index (χ1n) is 6.17. The molecule has 0 radical (unpaired) electrons. The highest BCUT2D eigenvalue weighted by Gasteiger charge is 2.40. The molecule has 0 heterocycles. The van der Waals surface area contributed by atoms with Gasteiger partial charge in [0, 0.05) is 13.6 Å². The molecule has 100 valence electrons. The fraction of sp³-hybridized carbons (Fsp3) is 0.846. The molecule has 1 amide bonds. The predicted octanol–water partition coefficient (Wildman–Crippen LogP) is 2.08. The molecule has 4 heteroatoms. The molecular formula is C13H25NO3. The van der Waals surface area contributed by atoms with Crippen LogP contribution in [0.15, 0.2) is 0 Å². The highest BCUT2D eigenvalue weighted by molar-refractivity contribution is 5.98. The molecule has 0 saturated carbocycles. The topological polar surface area (TPSA) is 46.6 Å². The number of hydrogen-bond donors (Lipinski definition) is 0. The maximum absolute atomic E-state index is 12.2. The minimum atomic E-state index is -0.723. The minimum absolute atomic E-state index is 0.155. The standard InChI is InChI=1S/C13H25NO3/c1-7-9-14(6)11(15)10(13(3,4)5)12(16)17-8-2/h10H,7-9H2,1-6H3. The lowest BCUT2D eigenvalue weighted by Gasteiger charge is -2.31. The highest BCUT2D eigenvalue weighted by atomic mass is 16.5. The fourth-order valence-electron chi connectivity index (χ4n) is 1.72. The maximum Gasteiger partial charge on any atom is 0.319 e. The lowest BCUT2D eigenvalue weighted by molar-refractivity contribution is -0.160. The summed E-state index contributed by atoms with van der Waals surface area (Å²) in [6.07, 6.45) is 0.877. The quantitative estimate of drug-likeness (QED) is 0.548. The van der Waals surface area contributed by atoms with Gasteiger partial charge in [0.2, 0.25) is 5.91 Å². The van der Waals surface area contributed by atoms with E-state index in [-0.39, 0.29) is 5.91 Å². The molecule has 0 aromatic heterocycles. The van der Waals surface area contributed by atoms with Gasteiger partial charge in [-0.2, -0.15) is 0 Å². The van der Waals surface area contributed by atoms with Crippen molar-refractivity contribution in [1.29, 1.82) is 0 Å². The highest BCUT2D eigenvalue weighted by Crippen LogP contribution is 2.28. The second-order valence-corrected chi connectivity index (χ2v) is 5.31. The zero-order chi connectivity index (χ0) is 13.6. The van der Waals surface area contributed by atoms with Gasteiger partial charge in [0.25, 0.3) is 0 Å². The zero-order valence-electron chi connectivity index (χ0n) is 11.9. The van der Waals surface area contributed by atoms with E-state index in [4.69, 9.17) is 4.74 Å². The van der Waals surface area contributed by atoms with Crippen LogP contribution in [0.4, 0.5) is 0 Å². The summed E-state index contributed by atoms with van der Waals surface area (Å²) in [4.78, 5) is 25.7. The number of nitrogens with zero attached hydrogens (tertiary/aromatic N) is 1. The van der Waals surface area contributed by atoms with Crippen molar-refractivity contribution in [2.75, 3.05) is 20.2 Å². The molecule has 0 aliphatic heterocycles. The van der Waals surface area contributed by atoms with E-state index in [1.54, 1.807) is 18.9 Å². The van der Waals surface area contributed by atoms with Crippen molar-refractivity contribution in [3.05, 3.63) is 0 Å². The summed E-state index contributed by atoms with van der Waals surface area (Å²) in [5.74, 6) is -1.30. The van der Waals surface area contributed by atoms with Gasteiger partial charge in [-0.25, -0.2) is 0 Å². The summed E-state index contributed by atoms with van der Waals surface area (Å²) in [6, 6.07) is 0. The van der Waals surface area contributed by atoms with Gasteiger partial charge in [0.1, 0.15) is 5.92 Å². The maximum atomic E-state index is 12.2. The first-order chi connectivity index (χ1) is 7.75. The summed E-state index contributed by atoms with van der Waals surface area (Å²) in [5, 5.41) is 0. The van der Waals surface area contributed by atoms with Gasteiger partial charge in [0.15, 0.2) is 0 Å². The van der Waals surface area contributed by atoms with Gasteiger partial charge in [0.05, 0.1) is 6.61 Å². The van der Waals surface area contributed by atoms with E-state index >= 15 is 0 Å². The summed E-state index contributed by atoms with van der Waals surface area (Å²) >= 11 is 0. The van der Waals surface area contributed by atoms with Gasteiger partial charge in [-0.15, -0.1) is 0 Å². The minimum Gasteiger partial charge on any atom is -0.465 e. The molecule has 0 aromatic rings. The largest absolute Gasteiger partial charge is 0.465 e. The van der Waals surface area contributed by atoms with Crippen LogP contribution in [0.3, 0.4) is 0 Å². The molecular weight excluding hydrogens is 218 g/mol. The Morgan fingerprint density at radius 1 is 1.24 bits per heavy atom. The molecule has 4 nitrogen and oxygen atoms in total. The van der Waals surface area contributed by atoms with E-state index < -0.39 is 17.3 Å². The summed E-state index contributed by atoms with van der Waals surface area (Å²) in [5.41, 5.74) is -0.425. The second-order valence-electron chi connectivity index (χ2n) is 5.31. The molecule has 0 bridgehead atoms. The summed E-state index contributed by atoms with van der Waals surface area (Å²) in [6.45, 7) is 10.4. The summed E-state index contributed by atoms with van der Waals surface area (Å²) in [7, 11) is 1.73. The number of rotatable bonds is 5. The number of ether oxygens (including phenoxy) is 1. The van der Waals surface area contributed by atoms with Crippen molar-refractivity contribution >= 4 is 11.9 Å². The Morgan fingerprint density at radius 3 is 2.12 bits per heavy atom. The number of hydrogen-bond acceptors (Lipinski definition) is 3. The van der Waals surface area contributed by atoms with Crippen LogP contribution in [0.2, 0.25) is 0 Å². The normalized spacial score (nSPS) is 13.1. The van der Waals surface area contributed by atoms with Crippen molar-refractivity contribution in [2.24, 2.45) is 11.3 Å². The molecule has 0 aromatic carbocycles. The van der Waals surface area contributed by atoms with Gasteiger partial charge < -0.3 is 9.64 Å². The van der Waals surface area contributed by atoms with Gasteiger partial charge in [-0.05, 0) is 18.8 Å². The van der Waals surface area contributed by atoms with Crippen molar-refractivity contribution < 1.29 is 14.3 Å². The third-order valence-electron chi connectivity index (χ3n) is 2.57. The number of carbonyl (C=O) groups excluding carboxylic acids is 2. The molecule has 1 unspecified atom stereocenters. The first kappa shape index (κ1) is 15.9. The van der Waals surface area contributed by atoms with Crippen LogP contribution in [0.25, 0.3) is 0 Å². The molecule has 17 heavy (non-hydrogen) atoms. The Hall–Kier alpha value is -1.06. The van der Waals surface area contributed by atoms with Crippen LogP contribution < -0.4 is 0 Å². The molecule has 0 spiro atoms. The zero-order valence-corrected chi connectivity index (χ0v) is 11.9. The lowest BCUT2D eigenvalue weighted by Crippen LogP contribution is -2.44. The second kappa shape index (κ2) is 6.62. The van der Waals surface area contributed by atoms with Crippen LogP contribution in [-0.4, -0.2) is 37.0 Å². The average molecular weight is 243 g/mol. The van der Waals surface area contributed by atoms with E-state index in [2.05, 4.69) is 0 Å². The third-order valence-corrected chi connectivity index (χ3v) is 2.57. The van der Waals surface area contributed by atoms with Crippen molar-refractivity contribution in [1.82, 2.24) is 4.90 Å². The Labute approximate surface area is 104 Å². The Kier molecular flexibility index (Phi) is 6.21. The molecule has 0 rings (SSSR count). The molecule has 0 fully saturated rings. The number of esters is 1. The summed E-state index contributed by atoms with van der Waals surface area (Å²) < 4.78 is 4.99.